The van der Waals surface area contributed by atoms with E-state index in [9.17, 15) is 9.59 Å². The van der Waals surface area contributed by atoms with Crippen LogP contribution in [-0.4, -0.2) is 22.3 Å². The Morgan fingerprint density at radius 1 is 1.30 bits per heavy atom. The fourth-order valence-electron chi connectivity index (χ4n) is 3.18. The second kappa shape index (κ2) is 5.69. The Morgan fingerprint density at radius 2 is 1.95 bits per heavy atom. The summed E-state index contributed by atoms with van der Waals surface area (Å²) in [6.07, 6.45) is 5.06. The maximum absolute atomic E-state index is 12.4. The van der Waals surface area contributed by atoms with Crippen molar-refractivity contribution in [1.82, 2.24) is 10.3 Å². The number of aromatic amines is 1. The smallest absolute Gasteiger partial charge is 0.268 e. The second-order valence-electron chi connectivity index (χ2n) is 5.95. The van der Waals surface area contributed by atoms with Crippen LogP contribution >= 0.6 is 0 Å². The van der Waals surface area contributed by atoms with Crippen molar-refractivity contribution in [2.24, 2.45) is 5.73 Å². The molecule has 110 valence electrons. The molecule has 1 heterocycles. The van der Waals surface area contributed by atoms with Crippen LogP contribution in [0.2, 0.25) is 0 Å². The van der Waals surface area contributed by atoms with E-state index in [-0.39, 0.29) is 18.2 Å². The van der Waals surface area contributed by atoms with E-state index in [2.05, 4.69) is 10.3 Å². The summed E-state index contributed by atoms with van der Waals surface area (Å²) < 4.78 is 0. The molecule has 0 atom stereocenters. The van der Waals surface area contributed by atoms with Crippen molar-refractivity contribution in [1.29, 1.82) is 0 Å². The monoisotopic (exact) mass is 277 g/mol. The quantitative estimate of drug-likeness (QED) is 0.785. The molecule has 0 saturated heterocycles. The van der Waals surface area contributed by atoms with Crippen LogP contribution in [0.3, 0.4) is 0 Å². The molecule has 1 aliphatic carbocycles. The van der Waals surface area contributed by atoms with E-state index in [1.54, 1.807) is 0 Å². The molecular weight excluding hydrogens is 254 g/mol. The van der Waals surface area contributed by atoms with Crippen molar-refractivity contribution in [2.75, 3.05) is 0 Å². The molecule has 1 fully saturated rings. The number of nitrogens with one attached hydrogen (secondary N) is 2. The molecule has 2 rings (SSSR count). The number of primary amides is 1. The first-order chi connectivity index (χ1) is 9.42. The number of carbonyl (C=O) groups is 2. The third-order valence-corrected chi connectivity index (χ3v) is 4.08. The average Bonchev–Trinajstić information content (AvgIpc) is 2.68. The molecule has 1 aromatic rings. The topological polar surface area (TPSA) is 88.0 Å². The number of rotatable bonds is 4. The lowest BCUT2D eigenvalue weighted by atomic mass is 9.79. The first kappa shape index (κ1) is 14.6. The Labute approximate surface area is 119 Å². The van der Waals surface area contributed by atoms with Crippen LogP contribution < -0.4 is 11.1 Å². The van der Waals surface area contributed by atoms with E-state index in [4.69, 9.17) is 5.73 Å². The van der Waals surface area contributed by atoms with Gasteiger partial charge in [-0.1, -0.05) is 19.3 Å². The number of nitrogens with two attached hydrogens (primary N) is 1. The van der Waals surface area contributed by atoms with Crippen LogP contribution in [0.1, 0.15) is 60.3 Å². The average molecular weight is 277 g/mol. The predicted octanol–water partition coefficient (Wildman–Crippen LogP) is 1.94. The van der Waals surface area contributed by atoms with Gasteiger partial charge in [-0.25, -0.2) is 0 Å². The van der Waals surface area contributed by atoms with E-state index >= 15 is 0 Å². The fourth-order valence-corrected chi connectivity index (χ4v) is 3.18. The lowest BCUT2D eigenvalue weighted by Crippen LogP contribution is -2.52. The highest BCUT2D eigenvalue weighted by Crippen LogP contribution is 2.31. The highest BCUT2D eigenvalue weighted by molar-refractivity contribution is 5.95. The zero-order chi connectivity index (χ0) is 14.8. The molecule has 0 aromatic carbocycles. The summed E-state index contributed by atoms with van der Waals surface area (Å²) in [5.41, 5.74) is 7.35. The Balaban J connectivity index is 2.17. The molecule has 5 nitrogen and oxygen atoms in total. The summed E-state index contributed by atoms with van der Waals surface area (Å²) in [7, 11) is 0. The van der Waals surface area contributed by atoms with Gasteiger partial charge in [0.25, 0.3) is 5.91 Å². The second-order valence-corrected chi connectivity index (χ2v) is 5.95. The summed E-state index contributed by atoms with van der Waals surface area (Å²) in [5.74, 6) is -0.495. The Hall–Kier alpha value is -1.78. The van der Waals surface area contributed by atoms with Crippen molar-refractivity contribution in [3.8, 4) is 0 Å². The highest BCUT2D eigenvalue weighted by Gasteiger charge is 2.35. The molecule has 1 saturated carbocycles. The fraction of sp³-hybridized carbons (Fsp3) is 0.600. The van der Waals surface area contributed by atoms with Gasteiger partial charge in [-0.05, 0) is 38.3 Å². The number of amides is 2. The Bertz CT molecular complexity index is 513. The van der Waals surface area contributed by atoms with E-state index in [1.807, 2.05) is 19.9 Å². The van der Waals surface area contributed by atoms with Crippen molar-refractivity contribution in [3.63, 3.8) is 0 Å². The molecule has 0 radical (unpaired) electrons. The lowest BCUT2D eigenvalue weighted by molar-refractivity contribution is -0.119. The minimum Gasteiger partial charge on any atom is -0.370 e. The van der Waals surface area contributed by atoms with Crippen molar-refractivity contribution in [2.45, 2.75) is 57.9 Å². The van der Waals surface area contributed by atoms with Crippen LogP contribution in [0, 0.1) is 13.8 Å². The Kier molecular flexibility index (Phi) is 4.16. The van der Waals surface area contributed by atoms with Gasteiger partial charge in [-0.3, -0.25) is 9.59 Å². The Morgan fingerprint density at radius 3 is 2.45 bits per heavy atom. The standard InChI is InChI=1S/C15H23N3O2/c1-10-8-11(2)17-13(10)14(20)18-15(9-12(16)19)6-4-3-5-7-15/h8,17H,3-7,9H2,1-2H3,(H2,16,19)(H,18,20). The third kappa shape index (κ3) is 3.21. The minimum atomic E-state index is -0.466. The summed E-state index contributed by atoms with van der Waals surface area (Å²) in [6.45, 7) is 3.82. The van der Waals surface area contributed by atoms with Crippen LogP contribution in [0.15, 0.2) is 6.07 Å². The normalized spacial score (nSPS) is 17.7. The highest BCUT2D eigenvalue weighted by atomic mass is 16.2. The predicted molar refractivity (Wildman–Crippen MR) is 77.4 cm³/mol. The number of aromatic nitrogens is 1. The SMILES string of the molecule is Cc1cc(C)c(C(=O)NC2(CC(N)=O)CCCCC2)[nH]1. The van der Waals surface area contributed by atoms with E-state index in [1.165, 1.54) is 0 Å². The molecule has 20 heavy (non-hydrogen) atoms. The first-order valence-electron chi connectivity index (χ1n) is 7.19. The van der Waals surface area contributed by atoms with Gasteiger partial charge >= 0.3 is 0 Å². The zero-order valence-corrected chi connectivity index (χ0v) is 12.2. The van der Waals surface area contributed by atoms with Crippen molar-refractivity contribution >= 4 is 11.8 Å². The van der Waals surface area contributed by atoms with Gasteiger partial charge in [0.1, 0.15) is 5.69 Å². The summed E-state index contributed by atoms with van der Waals surface area (Å²) in [6, 6.07) is 1.94. The molecule has 1 aromatic heterocycles. The summed E-state index contributed by atoms with van der Waals surface area (Å²) in [5, 5.41) is 3.06. The zero-order valence-electron chi connectivity index (χ0n) is 12.2. The van der Waals surface area contributed by atoms with E-state index < -0.39 is 5.54 Å². The summed E-state index contributed by atoms with van der Waals surface area (Å²) >= 11 is 0. The largest absolute Gasteiger partial charge is 0.370 e. The molecule has 1 aliphatic rings. The molecule has 0 spiro atoms. The number of H-pyrrole nitrogens is 1. The number of carbonyl (C=O) groups excluding carboxylic acids is 2. The third-order valence-electron chi connectivity index (χ3n) is 4.08. The van der Waals surface area contributed by atoms with Crippen LogP contribution in [0.5, 0.6) is 0 Å². The molecule has 0 bridgehead atoms. The number of hydrogen-bond donors (Lipinski definition) is 3. The van der Waals surface area contributed by atoms with E-state index in [0.29, 0.717) is 5.69 Å². The van der Waals surface area contributed by atoms with Crippen molar-refractivity contribution < 1.29 is 9.59 Å². The number of aryl methyl sites for hydroxylation is 2. The van der Waals surface area contributed by atoms with Crippen LogP contribution in [0.25, 0.3) is 0 Å². The molecule has 2 amide bonds. The maximum atomic E-state index is 12.4. The number of hydrogen-bond acceptors (Lipinski definition) is 2. The molecular formula is C15H23N3O2. The first-order valence-corrected chi connectivity index (χ1v) is 7.19. The van der Waals surface area contributed by atoms with Crippen molar-refractivity contribution in [3.05, 3.63) is 23.0 Å². The summed E-state index contributed by atoms with van der Waals surface area (Å²) in [4.78, 5) is 26.8. The van der Waals surface area contributed by atoms with Gasteiger partial charge in [-0.2, -0.15) is 0 Å². The molecule has 4 N–H and O–H groups in total. The van der Waals surface area contributed by atoms with Crippen LogP contribution in [0.4, 0.5) is 0 Å². The maximum Gasteiger partial charge on any atom is 0.268 e. The molecule has 0 aliphatic heterocycles. The van der Waals surface area contributed by atoms with Gasteiger partial charge in [0.05, 0.1) is 0 Å². The van der Waals surface area contributed by atoms with E-state index in [0.717, 1.165) is 43.4 Å². The van der Waals surface area contributed by atoms with Gasteiger partial charge < -0.3 is 16.0 Å². The molecule has 5 heteroatoms. The van der Waals surface area contributed by atoms with Gasteiger partial charge in [0.15, 0.2) is 0 Å². The van der Waals surface area contributed by atoms with Gasteiger partial charge in [0, 0.05) is 17.7 Å². The minimum absolute atomic E-state index is 0.140. The van der Waals surface area contributed by atoms with Crippen LogP contribution in [-0.2, 0) is 4.79 Å². The van der Waals surface area contributed by atoms with Gasteiger partial charge in [0.2, 0.25) is 5.91 Å². The lowest BCUT2D eigenvalue weighted by Gasteiger charge is -2.37. The molecule has 0 unspecified atom stereocenters. The van der Waals surface area contributed by atoms with Gasteiger partial charge in [-0.15, -0.1) is 0 Å².